The molecule has 1 saturated carbocycles. The summed E-state index contributed by atoms with van der Waals surface area (Å²) in [4.78, 5) is 0.687. The van der Waals surface area contributed by atoms with Crippen LogP contribution in [0.4, 0.5) is 0 Å². The maximum atomic E-state index is 3.90. The minimum absolute atomic E-state index is 0.687. The number of alkyl halides is 1. The standard InChI is InChI=1S/C17H19BrS/c18-17-7-6-15(14-4-2-1-3-5-14)11-16(17)10-13-8-9-19-12-13/h1-5,8-9,12,15-17H,6-7,10-11H2. The van der Waals surface area contributed by atoms with Crippen molar-refractivity contribution >= 4 is 27.3 Å². The fourth-order valence-corrected chi connectivity index (χ4v) is 4.53. The maximum absolute atomic E-state index is 3.90. The quantitative estimate of drug-likeness (QED) is 0.637. The van der Waals surface area contributed by atoms with Crippen LogP contribution in [0.5, 0.6) is 0 Å². The summed E-state index contributed by atoms with van der Waals surface area (Å²) in [7, 11) is 0. The molecule has 1 aromatic heterocycles. The van der Waals surface area contributed by atoms with Crippen LogP contribution in [0.2, 0.25) is 0 Å². The van der Waals surface area contributed by atoms with Gasteiger partial charge in [-0.15, -0.1) is 0 Å². The van der Waals surface area contributed by atoms with Crippen LogP contribution in [-0.4, -0.2) is 4.83 Å². The van der Waals surface area contributed by atoms with Gasteiger partial charge in [0.05, 0.1) is 0 Å². The van der Waals surface area contributed by atoms with Crippen LogP contribution < -0.4 is 0 Å². The molecule has 3 unspecified atom stereocenters. The third-order valence-corrected chi connectivity index (χ3v) is 6.18. The molecule has 100 valence electrons. The molecule has 1 aliphatic rings. The van der Waals surface area contributed by atoms with Crippen molar-refractivity contribution < 1.29 is 0 Å². The van der Waals surface area contributed by atoms with Gasteiger partial charge in [-0.25, -0.2) is 0 Å². The fourth-order valence-electron chi connectivity index (χ4n) is 3.18. The second kappa shape index (κ2) is 6.23. The van der Waals surface area contributed by atoms with Gasteiger partial charge in [-0.1, -0.05) is 46.3 Å². The Morgan fingerprint density at radius 3 is 2.68 bits per heavy atom. The van der Waals surface area contributed by atoms with Crippen LogP contribution in [0.25, 0.3) is 0 Å². The largest absolute Gasteiger partial charge is 0.152 e. The summed E-state index contributed by atoms with van der Waals surface area (Å²) in [5.74, 6) is 1.52. The normalized spacial score (nSPS) is 27.3. The van der Waals surface area contributed by atoms with E-state index in [9.17, 15) is 0 Å². The third kappa shape index (κ3) is 3.29. The molecule has 2 heteroatoms. The summed E-state index contributed by atoms with van der Waals surface area (Å²) in [5.41, 5.74) is 3.03. The van der Waals surface area contributed by atoms with E-state index >= 15 is 0 Å². The maximum Gasteiger partial charge on any atom is 0.0177 e. The lowest BCUT2D eigenvalue weighted by molar-refractivity contribution is 0.335. The average molecular weight is 335 g/mol. The second-order valence-electron chi connectivity index (χ2n) is 5.53. The second-order valence-corrected chi connectivity index (χ2v) is 7.49. The SMILES string of the molecule is BrC1CCC(c2ccccc2)CC1Cc1ccsc1. The van der Waals surface area contributed by atoms with Crippen LogP contribution in [0.15, 0.2) is 47.2 Å². The summed E-state index contributed by atoms with van der Waals surface area (Å²) in [5, 5.41) is 4.49. The number of rotatable bonds is 3. The zero-order valence-electron chi connectivity index (χ0n) is 11.0. The molecule has 0 nitrogen and oxygen atoms in total. The highest BCUT2D eigenvalue weighted by Gasteiger charge is 2.29. The van der Waals surface area contributed by atoms with E-state index < -0.39 is 0 Å². The smallest absolute Gasteiger partial charge is 0.0177 e. The predicted octanol–water partition coefficient (Wildman–Crippen LogP) is 5.64. The van der Waals surface area contributed by atoms with Gasteiger partial charge in [-0.05, 0) is 65.5 Å². The van der Waals surface area contributed by atoms with Gasteiger partial charge in [-0.3, -0.25) is 0 Å². The van der Waals surface area contributed by atoms with E-state index in [2.05, 4.69) is 63.1 Å². The Kier molecular flexibility index (Phi) is 4.39. The molecule has 3 atom stereocenters. The van der Waals surface area contributed by atoms with Gasteiger partial charge in [0.2, 0.25) is 0 Å². The molecule has 0 N–H and O–H groups in total. The highest BCUT2D eigenvalue weighted by atomic mass is 79.9. The van der Waals surface area contributed by atoms with E-state index in [1.54, 1.807) is 0 Å². The molecule has 0 aliphatic heterocycles. The molecular formula is C17H19BrS. The van der Waals surface area contributed by atoms with Gasteiger partial charge in [0.25, 0.3) is 0 Å². The average Bonchev–Trinajstić information content (AvgIpc) is 2.95. The first-order chi connectivity index (χ1) is 9.33. The molecule has 3 rings (SSSR count). The highest BCUT2D eigenvalue weighted by Crippen LogP contribution is 2.40. The van der Waals surface area contributed by atoms with Crippen LogP contribution in [0, 0.1) is 5.92 Å². The molecular weight excluding hydrogens is 316 g/mol. The van der Waals surface area contributed by atoms with Gasteiger partial charge >= 0.3 is 0 Å². The predicted molar refractivity (Wildman–Crippen MR) is 87.3 cm³/mol. The van der Waals surface area contributed by atoms with E-state index in [0.717, 1.165) is 11.8 Å². The molecule has 0 amide bonds. The van der Waals surface area contributed by atoms with E-state index in [0.29, 0.717) is 4.83 Å². The summed E-state index contributed by atoms with van der Waals surface area (Å²) in [6.07, 6.45) is 5.16. The Balaban J connectivity index is 1.70. The minimum Gasteiger partial charge on any atom is -0.152 e. The number of hydrogen-bond acceptors (Lipinski definition) is 1. The van der Waals surface area contributed by atoms with E-state index in [1.807, 2.05) is 11.3 Å². The Labute approximate surface area is 128 Å². The summed E-state index contributed by atoms with van der Waals surface area (Å²) < 4.78 is 0. The van der Waals surface area contributed by atoms with Crippen LogP contribution in [-0.2, 0) is 6.42 Å². The monoisotopic (exact) mass is 334 g/mol. The minimum atomic E-state index is 0.687. The molecule has 2 aromatic rings. The molecule has 0 spiro atoms. The van der Waals surface area contributed by atoms with E-state index in [-0.39, 0.29) is 0 Å². The van der Waals surface area contributed by atoms with Gasteiger partial charge in [0.15, 0.2) is 0 Å². The lowest BCUT2D eigenvalue weighted by Gasteiger charge is -2.33. The van der Waals surface area contributed by atoms with Crippen molar-refractivity contribution in [1.82, 2.24) is 0 Å². The molecule has 1 heterocycles. The van der Waals surface area contributed by atoms with Gasteiger partial charge in [0.1, 0.15) is 0 Å². The first-order valence-corrected chi connectivity index (χ1v) is 8.89. The van der Waals surface area contributed by atoms with Crippen molar-refractivity contribution in [3.05, 3.63) is 58.3 Å². The van der Waals surface area contributed by atoms with Crippen molar-refractivity contribution in [3.8, 4) is 0 Å². The lowest BCUT2D eigenvalue weighted by atomic mass is 9.76. The number of benzene rings is 1. The molecule has 1 aliphatic carbocycles. The summed E-state index contributed by atoms with van der Waals surface area (Å²) in [6.45, 7) is 0. The van der Waals surface area contributed by atoms with E-state index in [1.165, 1.54) is 36.8 Å². The van der Waals surface area contributed by atoms with Crippen LogP contribution in [0.3, 0.4) is 0 Å². The molecule has 19 heavy (non-hydrogen) atoms. The zero-order chi connectivity index (χ0) is 13.1. The zero-order valence-corrected chi connectivity index (χ0v) is 13.4. The first kappa shape index (κ1) is 13.4. The topological polar surface area (TPSA) is 0 Å². The van der Waals surface area contributed by atoms with Gasteiger partial charge < -0.3 is 0 Å². The van der Waals surface area contributed by atoms with Crippen molar-refractivity contribution in [1.29, 1.82) is 0 Å². The van der Waals surface area contributed by atoms with Gasteiger partial charge in [0, 0.05) is 4.83 Å². The van der Waals surface area contributed by atoms with Crippen LogP contribution in [0.1, 0.15) is 36.3 Å². The number of hydrogen-bond donors (Lipinski definition) is 0. The van der Waals surface area contributed by atoms with Crippen molar-refractivity contribution in [2.45, 2.75) is 36.4 Å². The first-order valence-electron chi connectivity index (χ1n) is 7.03. The number of halogens is 1. The molecule has 1 aromatic carbocycles. The van der Waals surface area contributed by atoms with Crippen molar-refractivity contribution in [2.75, 3.05) is 0 Å². The van der Waals surface area contributed by atoms with Crippen molar-refractivity contribution in [3.63, 3.8) is 0 Å². The summed E-state index contributed by atoms with van der Waals surface area (Å²) in [6, 6.07) is 13.3. The third-order valence-electron chi connectivity index (χ3n) is 4.24. The highest BCUT2D eigenvalue weighted by molar-refractivity contribution is 9.09. The lowest BCUT2D eigenvalue weighted by Crippen LogP contribution is -2.25. The molecule has 0 bridgehead atoms. The Bertz CT molecular complexity index is 491. The van der Waals surface area contributed by atoms with Crippen LogP contribution >= 0.6 is 27.3 Å². The molecule has 1 fully saturated rings. The number of thiophene rings is 1. The van der Waals surface area contributed by atoms with Crippen molar-refractivity contribution in [2.24, 2.45) is 5.92 Å². The fraction of sp³-hybridized carbons (Fsp3) is 0.412. The summed E-state index contributed by atoms with van der Waals surface area (Å²) >= 11 is 5.72. The Morgan fingerprint density at radius 1 is 1.11 bits per heavy atom. The van der Waals surface area contributed by atoms with Gasteiger partial charge in [-0.2, -0.15) is 11.3 Å². The molecule has 0 radical (unpaired) electrons. The Hall–Kier alpha value is -0.600. The Morgan fingerprint density at radius 2 is 1.95 bits per heavy atom. The van der Waals surface area contributed by atoms with E-state index in [4.69, 9.17) is 0 Å². The molecule has 0 saturated heterocycles.